The van der Waals surface area contributed by atoms with E-state index in [9.17, 15) is 4.79 Å². The van der Waals surface area contributed by atoms with Gasteiger partial charge in [-0.1, -0.05) is 12.1 Å². The van der Waals surface area contributed by atoms with Crippen molar-refractivity contribution < 1.29 is 14.3 Å². The number of hydrogen-bond donors (Lipinski definition) is 1. The van der Waals surface area contributed by atoms with Crippen LogP contribution in [0.4, 0.5) is 5.69 Å². The summed E-state index contributed by atoms with van der Waals surface area (Å²) in [7, 11) is 5.44. The number of benzene rings is 2. The lowest BCUT2D eigenvalue weighted by Crippen LogP contribution is -2.23. The number of anilines is 1. The van der Waals surface area contributed by atoms with E-state index >= 15 is 0 Å². The summed E-state index contributed by atoms with van der Waals surface area (Å²) in [6.07, 6.45) is 4.69. The van der Waals surface area contributed by atoms with E-state index in [1.54, 1.807) is 14.2 Å². The maximum atomic E-state index is 12.4. The Morgan fingerprint density at radius 3 is 2.39 bits per heavy atom. The Balaban J connectivity index is 1.51. The minimum Gasteiger partial charge on any atom is -0.497 e. The van der Waals surface area contributed by atoms with Crippen molar-refractivity contribution in [3.05, 3.63) is 53.6 Å². The van der Waals surface area contributed by atoms with Gasteiger partial charge in [-0.25, -0.2) is 0 Å². The summed E-state index contributed by atoms with van der Waals surface area (Å²) < 4.78 is 10.6. The molecule has 0 heterocycles. The molecule has 1 fully saturated rings. The lowest BCUT2D eigenvalue weighted by Gasteiger charge is -2.15. The first-order valence-corrected chi connectivity index (χ1v) is 9.88. The summed E-state index contributed by atoms with van der Waals surface area (Å²) in [5, 5.41) is 3.02. The first-order chi connectivity index (χ1) is 13.6. The van der Waals surface area contributed by atoms with Crippen LogP contribution < -0.4 is 14.8 Å². The third-order valence-corrected chi connectivity index (χ3v) is 5.19. The number of methoxy groups -OCH3 is 2. The van der Waals surface area contributed by atoms with Gasteiger partial charge in [0.25, 0.3) is 0 Å². The van der Waals surface area contributed by atoms with Gasteiger partial charge in [0.2, 0.25) is 5.91 Å². The Hall–Kier alpha value is -2.53. The third-order valence-electron chi connectivity index (χ3n) is 5.19. The number of nitrogens with one attached hydrogen (secondary N) is 1. The lowest BCUT2D eigenvalue weighted by molar-refractivity contribution is -0.116. The first kappa shape index (κ1) is 20.2. The summed E-state index contributed by atoms with van der Waals surface area (Å²) in [5.41, 5.74) is 3.13. The Bertz CT molecular complexity index is 780. The highest BCUT2D eigenvalue weighted by Gasteiger charge is 2.25. The second-order valence-corrected chi connectivity index (χ2v) is 7.43. The van der Waals surface area contributed by atoms with Crippen LogP contribution in [0.3, 0.4) is 0 Å². The second-order valence-electron chi connectivity index (χ2n) is 7.43. The number of amides is 1. The van der Waals surface area contributed by atoms with E-state index < -0.39 is 0 Å². The standard InChI is InChI=1S/C23H30N2O3/c1-25(20-8-9-20)12-11-17-5-4-6-19(13-17)24-23(26)10-7-18-14-21(27-2)16-22(15-18)28-3/h4-6,13-16,20H,7-12H2,1-3H3,(H,24,26). The minimum atomic E-state index is 0.00837. The van der Waals surface area contributed by atoms with Crippen molar-refractivity contribution in [1.29, 1.82) is 0 Å². The normalized spacial score (nSPS) is 13.4. The van der Waals surface area contributed by atoms with Crippen LogP contribution in [0.25, 0.3) is 0 Å². The van der Waals surface area contributed by atoms with Gasteiger partial charge in [-0.15, -0.1) is 0 Å². The Morgan fingerprint density at radius 1 is 1.04 bits per heavy atom. The highest BCUT2D eigenvalue weighted by Crippen LogP contribution is 2.26. The van der Waals surface area contributed by atoms with Gasteiger partial charge in [0, 0.05) is 30.8 Å². The van der Waals surface area contributed by atoms with Gasteiger partial charge < -0.3 is 19.7 Å². The second kappa shape index (κ2) is 9.60. The molecular formula is C23H30N2O3. The van der Waals surface area contributed by atoms with E-state index in [4.69, 9.17) is 9.47 Å². The lowest BCUT2D eigenvalue weighted by atomic mass is 10.1. The summed E-state index contributed by atoms with van der Waals surface area (Å²) in [6.45, 7) is 1.06. The van der Waals surface area contributed by atoms with Gasteiger partial charge in [-0.2, -0.15) is 0 Å². The molecule has 0 spiro atoms. The number of ether oxygens (including phenoxy) is 2. The molecule has 1 amide bonds. The smallest absolute Gasteiger partial charge is 0.224 e. The third kappa shape index (κ3) is 5.99. The number of hydrogen-bond acceptors (Lipinski definition) is 4. The van der Waals surface area contributed by atoms with E-state index in [0.717, 1.165) is 41.8 Å². The fraction of sp³-hybridized carbons (Fsp3) is 0.435. The summed E-state index contributed by atoms with van der Waals surface area (Å²) in [6, 6.07) is 14.6. The van der Waals surface area contributed by atoms with Crippen LogP contribution in [-0.2, 0) is 17.6 Å². The van der Waals surface area contributed by atoms with Crippen LogP contribution in [0.2, 0.25) is 0 Å². The van der Waals surface area contributed by atoms with Gasteiger partial charge in [-0.3, -0.25) is 4.79 Å². The van der Waals surface area contributed by atoms with E-state index in [-0.39, 0.29) is 5.91 Å². The predicted octanol–water partition coefficient (Wildman–Crippen LogP) is 3.91. The SMILES string of the molecule is COc1cc(CCC(=O)Nc2cccc(CCN(C)C3CC3)c2)cc(OC)c1. The van der Waals surface area contributed by atoms with E-state index in [0.29, 0.717) is 12.8 Å². The zero-order valence-corrected chi connectivity index (χ0v) is 17.0. The molecule has 2 aromatic rings. The van der Waals surface area contributed by atoms with Gasteiger partial charge in [0.1, 0.15) is 11.5 Å². The molecule has 0 radical (unpaired) electrons. The number of nitrogens with zero attached hydrogens (tertiary/aromatic N) is 1. The van der Waals surface area contributed by atoms with Crippen LogP contribution in [0.5, 0.6) is 11.5 Å². The van der Waals surface area contributed by atoms with Crippen LogP contribution in [0.15, 0.2) is 42.5 Å². The molecule has 3 rings (SSSR count). The van der Waals surface area contributed by atoms with Crippen molar-refractivity contribution in [3.8, 4) is 11.5 Å². The van der Waals surface area contributed by atoms with Crippen molar-refractivity contribution in [2.45, 2.75) is 38.1 Å². The number of aryl methyl sites for hydroxylation is 1. The molecule has 1 aliphatic carbocycles. The largest absolute Gasteiger partial charge is 0.497 e. The Labute approximate surface area is 167 Å². The Morgan fingerprint density at radius 2 is 1.75 bits per heavy atom. The topological polar surface area (TPSA) is 50.8 Å². The molecule has 1 aliphatic rings. The van der Waals surface area contributed by atoms with E-state index in [1.807, 2.05) is 30.3 Å². The molecule has 5 nitrogen and oxygen atoms in total. The van der Waals surface area contributed by atoms with Crippen molar-refractivity contribution in [2.24, 2.45) is 0 Å². The monoisotopic (exact) mass is 382 g/mol. The number of carbonyl (C=O) groups excluding carboxylic acids is 1. The number of likely N-dealkylation sites (N-methyl/N-ethyl adjacent to an activating group) is 1. The fourth-order valence-electron chi connectivity index (χ4n) is 3.30. The van der Waals surface area contributed by atoms with Crippen molar-refractivity contribution in [2.75, 3.05) is 33.1 Å². The molecule has 1 saturated carbocycles. The van der Waals surface area contributed by atoms with Gasteiger partial charge >= 0.3 is 0 Å². The van der Waals surface area contributed by atoms with Crippen molar-refractivity contribution in [3.63, 3.8) is 0 Å². The average Bonchev–Trinajstić information content (AvgIpc) is 3.56. The van der Waals surface area contributed by atoms with Crippen molar-refractivity contribution in [1.82, 2.24) is 4.90 Å². The van der Waals surface area contributed by atoms with Gasteiger partial charge in [0.05, 0.1) is 14.2 Å². The Kier molecular flexibility index (Phi) is 6.93. The summed E-state index contributed by atoms with van der Waals surface area (Å²) >= 11 is 0. The molecule has 0 atom stereocenters. The number of carbonyl (C=O) groups is 1. The first-order valence-electron chi connectivity index (χ1n) is 9.88. The zero-order chi connectivity index (χ0) is 19.9. The molecule has 0 aromatic heterocycles. The predicted molar refractivity (Wildman–Crippen MR) is 112 cm³/mol. The fourth-order valence-corrected chi connectivity index (χ4v) is 3.30. The van der Waals surface area contributed by atoms with Gasteiger partial charge in [-0.05, 0) is 68.1 Å². The zero-order valence-electron chi connectivity index (χ0n) is 17.0. The summed E-state index contributed by atoms with van der Waals surface area (Å²) in [4.78, 5) is 14.8. The van der Waals surface area contributed by atoms with E-state index in [2.05, 4.69) is 29.4 Å². The van der Waals surface area contributed by atoms with Crippen LogP contribution in [0.1, 0.15) is 30.4 Å². The minimum absolute atomic E-state index is 0.00837. The maximum absolute atomic E-state index is 12.4. The highest BCUT2D eigenvalue weighted by atomic mass is 16.5. The number of rotatable bonds is 10. The highest BCUT2D eigenvalue weighted by molar-refractivity contribution is 5.90. The van der Waals surface area contributed by atoms with Crippen LogP contribution >= 0.6 is 0 Å². The molecule has 0 bridgehead atoms. The maximum Gasteiger partial charge on any atom is 0.224 e. The molecule has 0 saturated heterocycles. The molecule has 150 valence electrons. The molecule has 2 aromatic carbocycles. The van der Waals surface area contributed by atoms with Crippen LogP contribution in [0, 0.1) is 0 Å². The molecular weight excluding hydrogens is 352 g/mol. The van der Waals surface area contributed by atoms with E-state index in [1.165, 1.54) is 18.4 Å². The average molecular weight is 383 g/mol. The quantitative estimate of drug-likeness (QED) is 0.677. The molecule has 5 heteroatoms. The molecule has 0 unspecified atom stereocenters. The van der Waals surface area contributed by atoms with Gasteiger partial charge in [0.15, 0.2) is 0 Å². The van der Waals surface area contributed by atoms with Crippen molar-refractivity contribution >= 4 is 11.6 Å². The molecule has 1 N–H and O–H groups in total. The molecule has 0 aliphatic heterocycles. The van der Waals surface area contributed by atoms with Crippen LogP contribution in [-0.4, -0.2) is 44.7 Å². The summed E-state index contributed by atoms with van der Waals surface area (Å²) in [5.74, 6) is 1.48. The molecule has 28 heavy (non-hydrogen) atoms.